The largest absolute Gasteiger partial charge is 0.374 e. The van der Waals surface area contributed by atoms with Crippen LogP contribution in [0.2, 0.25) is 0 Å². The molecule has 0 aromatic carbocycles. The van der Waals surface area contributed by atoms with Crippen LogP contribution in [-0.4, -0.2) is 49.3 Å². The zero-order valence-corrected chi connectivity index (χ0v) is 10.4. The van der Waals surface area contributed by atoms with Crippen molar-refractivity contribution in [3.63, 3.8) is 0 Å². The second kappa shape index (κ2) is 4.11. The summed E-state index contributed by atoms with van der Waals surface area (Å²) in [6, 6.07) is -0.574. The summed E-state index contributed by atoms with van der Waals surface area (Å²) in [6.45, 7) is 3.91. The van der Waals surface area contributed by atoms with Crippen molar-refractivity contribution < 1.29 is 23.5 Å². The lowest BCUT2D eigenvalue weighted by Crippen LogP contribution is -2.41. The molecule has 0 aromatic heterocycles. The molecule has 0 aromatic rings. The SMILES string of the molecule is [B][C@@H]1O[C@]2(CC)CO[C@H]1C2OP(=O)(O)CC. The molecule has 2 bridgehead atoms. The molecule has 2 unspecified atom stereocenters. The monoisotopic (exact) mass is 246 g/mol. The van der Waals surface area contributed by atoms with Gasteiger partial charge in [0.25, 0.3) is 0 Å². The van der Waals surface area contributed by atoms with Gasteiger partial charge >= 0.3 is 7.60 Å². The quantitative estimate of drug-likeness (QED) is 0.582. The van der Waals surface area contributed by atoms with Gasteiger partial charge in [-0.25, -0.2) is 0 Å². The Hall–Kier alpha value is 0.135. The van der Waals surface area contributed by atoms with Crippen molar-refractivity contribution in [3.8, 4) is 0 Å². The summed E-state index contributed by atoms with van der Waals surface area (Å²) >= 11 is 0. The van der Waals surface area contributed by atoms with E-state index >= 15 is 0 Å². The van der Waals surface area contributed by atoms with E-state index in [0.717, 1.165) is 0 Å². The van der Waals surface area contributed by atoms with Crippen LogP contribution in [0.4, 0.5) is 0 Å². The second-order valence-electron chi connectivity index (χ2n) is 4.26. The standard InChI is InChI=1S/C9H16BO5P/c1-3-9-5-13-6(8(10)14-9)7(9)15-16(11,12)4-2/h6-8H,3-5H2,1-2H3,(H,11,12)/t6-,7?,8+,9+/m0/s1. The maximum Gasteiger partial charge on any atom is 0.328 e. The normalized spacial score (nSPS) is 45.8. The number of hydrogen-bond acceptors (Lipinski definition) is 4. The van der Waals surface area contributed by atoms with Gasteiger partial charge in [-0.15, -0.1) is 0 Å². The van der Waals surface area contributed by atoms with Crippen molar-refractivity contribution in [2.45, 2.75) is 44.1 Å². The summed E-state index contributed by atoms with van der Waals surface area (Å²) in [7, 11) is 2.18. The van der Waals surface area contributed by atoms with Crippen molar-refractivity contribution in [2.75, 3.05) is 12.8 Å². The molecule has 2 heterocycles. The van der Waals surface area contributed by atoms with Gasteiger partial charge in [0.1, 0.15) is 25.7 Å². The molecule has 7 heteroatoms. The molecule has 2 aliphatic heterocycles. The summed E-state index contributed by atoms with van der Waals surface area (Å²) in [5.74, 6) is 0. The predicted molar refractivity (Wildman–Crippen MR) is 58.6 cm³/mol. The van der Waals surface area contributed by atoms with Crippen molar-refractivity contribution >= 4 is 15.4 Å². The summed E-state index contributed by atoms with van der Waals surface area (Å²) in [5, 5.41) is 0. The third-order valence-electron chi connectivity index (χ3n) is 3.31. The fourth-order valence-electron chi connectivity index (χ4n) is 2.21. The molecule has 2 rings (SSSR count). The van der Waals surface area contributed by atoms with E-state index in [2.05, 4.69) is 0 Å². The van der Waals surface area contributed by atoms with Crippen LogP contribution >= 0.6 is 7.60 Å². The average molecular weight is 246 g/mol. The number of hydrogen-bond donors (Lipinski definition) is 1. The minimum absolute atomic E-state index is 0.0747. The Labute approximate surface area is 96.4 Å². The van der Waals surface area contributed by atoms with Crippen LogP contribution in [0, 0.1) is 0 Å². The van der Waals surface area contributed by atoms with Gasteiger partial charge in [0.2, 0.25) is 0 Å². The molecule has 2 aliphatic rings. The second-order valence-corrected chi connectivity index (χ2v) is 6.37. The van der Waals surface area contributed by atoms with E-state index in [9.17, 15) is 9.46 Å². The fourth-order valence-corrected chi connectivity index (χ4v) is 3.02. The molecule has 90 valence electrons. The van der Waals surface area contributed by atoms with E-state index in [1.165, 1.54) is 0 Å². The summed E-state index contributed by atoms with van der Waals surface area (Å²) in [6.07, 6.45) is -0.258. The number of fused-ring (bicyclic) bond motifs is 2. The van der Waals surface area contributed by atoms with Gasteiger partial charge in [-0.05, 0) is 6.42 Å². The first kappa shape index (κ1) is 12.6. The maximum absolute atomic E-state index is 11.6. The minimum Gasteiger partial charge on any atom is -0.374 e. The Morgan fingerprint density at radius 1 is 1.62 bits per heavy atom. The van der Waals surface area contributed by atoms with E-state index in [-0.39, 0.29) is 6.16 Å². The Morgan fingerprint density at radius 2 is 2.31 bits per heavy atom. The Kier molecular flexibility index (Phi) is 3.23. The van der Waals surface area contributed by atoms with Gasteiger partial charge in [-0.1, -0.05) is 13.8 Å². The van der Waals surface area contributed by atoms with E-state index in [4.69, 9.17) is 21.8 Å². The van der Waals surface area contributed by atoms with Crippen molar-refractivity contribution in [3.05, 3.63) is 0 Å². The van der Waals surface area contributed by atoms with Crippen LogP contribution in [-0.2, 0) is 18.6 Å². The van der Waals surface area contributed by atoms with Gasteiger partial charge in [0.15, 0.2) is 0 Å². The first-order chi connectivity index (χ1) is 7.44. The lowest BCUT2D eigenvalue weighted by Gasteiger charge is -2.30. The molecule has 0 saturated carbocycles. The van der Waals surface area contributed by atoms with Gasteiger partial charge < -0.3 is 14.4 Å². The summed E-state index contributed by atoms with van der Waals surface area (Å²) in [4.78, 5) is 9.52. The maximum atomic E-state index is 11.6. The first-order valence-electron chi connectivity index (χ1n) is 5.49. The smallest absolute Gasteiger partial charge is 0.328 e. The van der Waals surface area contributed by atoms with Gasteiger partial charge in [0.05, 0.1) is 6.61 Å². The van der Waals surface area contributed by atoms with Crippen LogP contribution in [0.5, 0.6) is 0 Å². The van der Waals surface area contributed by atoms with E-state index < -0.39 is 31.4 Å². The van der Waals surface area contributed by atoms with E-state index in [1.54, 1.807) is 6.92 Å². The van der Waals surface area contributed by atoms with Crippen LogP contribution < -0.4 is 0 Å². The number of rotatable bonds is 4. The van der Waals surface area contributed by atoms with Gasteiger partial charge in [-0.2, -0.15) is 0 Å². The molecule has 5 nitrogen and oxygen atoms in total. The fraction of sp³-hybridized carbons (Fsp3) is 1.00. The summed E-state index contributed by atoms with van der Waals surface area (Å²) in [5.41, 5.74) is -0.655. The molecule has 2 fully saturated rings. The number of ether oxygens (including phenoxy) is 2. The van der Waals surface area contributed by atoms with Crippen molar-refractivity contribution in [1.82, 2.24) is 0 Å². The first-order valence-corrected chi connectivity index (χ1v) is 7.25. The lowest BCUT2D eigenvalue weighted by atomic mass is 9.91. The molecule has 2 saturated heterocycles. The molecule has 5 atom stereocenters. The highest BCUT2D eigenvalue weighted by atomic mass is 31.2. The van der Waals surface area contributed by atoms with Crippen molar-refractivity contribution in [1.29, 1.82) is 0 Å². The van der Waals surface area contributed by atoms with E-state index in [0.29, 0.717) is 13.0 Å². The molecule has 2 radical (unpaired) electrons. The highest BCUT2D eigenvalue weighted by molar-refractivity contribution is 7.52. The highest BCUT2D eigenvalue weighted by Crippen LogP contribution is 2.52. The van der Waals surface area contributed by atoms with Crippen LogP contribution in [0.1, 0.15) is 20.3 Å². The summed E-state index contributed by atoms with van der Waals surface area (Å²) < 4.78 is 27.9. The minimum atomic E-state index is -3.56. The topological polar surface area (TPSA) is 65.0 Å². The molecule has 0 amide bonds. The Bertz CT molecular complexity index is 325. The molecule has 1 N–H and O–H groups in total. The predicted octanol–water partition coefficient (Wildman–Crippen LogP) is 0.649. The molecular weight excluding hydrogens is 230 g/mol. The Morgan fingerprint density at radius 3 is 2.81 bits per heavy atom. The molecular formula is C9H16BO5P. The zero-order chi connectivity index (χ0) is 12.0. The zero-order valence-electron chi connectivity index (χ0n) is 9.46. The molecule has 0 spiro atoms. The van der Waals surface area contributed by atoms with Gasteiger partial charge in [-0.3, -0.25) is 9.09 Å². The third kappa shape index (κ3) is 1.87. The average Bonchev–Trinajstić information content (AvgIpc) is 2.70. The van der Waals surface area contributed by atoms with Gasteiger partial charge in [0, 0.05) is 12.2 Å². The highest BCUT2D eigenvalue weighted by Gasteiger charge is 2.60. The van der Waals surface area contributed by atoms with Crippen LogP contribution in [0.3, 0.4) is 0 Å². The molecule has 0 aliphatic carbocycles. The Balaban J connectivity index is 2.18. The van der Waals surface area contributed by atoms with Crippen molar-refractivity contribution in [2.24, 2.45) is 0 Å². The molecule has 16 heavy (non-hydrogen) atoms. The third-order valence-corrected chi connectivity index (χ3v) is 4.66. The van der Waals surface area contributed by atoms with E-state index in [1.807, 2.05) is 6.92 Å². The van der Waals surface area contributed by atoms with Crippen LogP contribution in [0.15, 0.2) is 0 Å². The van der Waals surface area contributed by atoms with Crippen LogP contribution in [0.25, 0.3) is 0 Å². The lowest BCUT2D eigenvalue weighted by molar-refractivity contribution is -0.117.